The lowest BCUT2D eigenvalue weighted by Crippen LogP contribution is -1.88. The summed E-state index contributed by atoms with van der Waals surface area (Å²) in [5.74, 6) is 0.488. The van der Waals surface area contributed by atoms with E-state index in [4.69, 9.17) is 0 Å². The molecule has 1 heterocycles. The molecule has 0 atom stereocenters. The molecule has 15 heavy (non-hydrogen) atoms. The van der Waals surface area contributed by atoms with Crippen LogP contribution in [0.2, 0.25) is 0 Å². The number of aromatic amines is 1. The van der Waals surface area contributed by atoms with Gasteiger partial charge in [-0.05, 0) is 23.6 Å². The predicted molar refractivity (Wildman–Crippen MR) is 65.8 cm³/mol. The number of nitrogens with zero attached hydrogens (tertiary/aromatic N) is 1. The monoisotopic (exact) mass is 264 g/mol. The number of hydrogen-bond acceptors (Lipinski definition) is 1. The van der Waals surface area contributed by atoms with Gasteiger partial charge in [0.25, 0.3) is 0 Å². The third kappa shape index (κ3) is 2.12. The number of benzene rings is 1. The van der Waals surface area contributed by atoms with Crippen LogP contribution >= 0.6 is 15.9 Å². The first-order valence-electron chi connectivity index (χ1n) is 4.97. The highest BCUT2D eigenvalue weighted by molar-refractivity contribution is 9.10. The highest BCUT2D eigenvalue weighted by Crippen LogP contribution is 2.27. The van der Waals surface area contributed by atoms with Crippen molar-refractivity contribution in [3.8, 4) is 11.3 Å². The van der Waals surface area contributed by atoms with Gasteiger partial charge < -0.3 is 0 Å². The average molecular weight is 265 g/mol. The van der Waals surface area contributed by atoms with E-state index < -0.39 is 0 Å². The van der Waals surface area contributed by atoms with E-state index in [9.17, 15) is 0 Å². The summed E-state index contributed by atoms with van der Waals surface area (Å²) in [5.41, 5.74) is 3.56. The number of H-pyrrole nitrogens is 1. The molecule has 2 rings (SSSR count). The Hall–Kier alpha value is -1.09. The van der Waals surface area contributed by atoms with Crippen LogP contribution in [0, 0.1) is 0 Å². The second kappa shape index (κ2) is 4.19. The van der Waals surface area contributed by atoms with Crippen molar-refractivity contribution in [2.24, 2.45) is 0 Å². The number of halogens is 1. The van der Waals surface area contributed by atoms with E-state index >= 15 is 0 Å². The summed E-state index contributed by atoms with van der Waals surface area (Å²) in [6.07, 6.45) is 1.90. The fourth-order valence-electron chi connectivity index (χ4n) is 1.58. The lowest BCUT2D eigenvalue weighted by Gasteiger charge is -2.05. The molecular formula is C12H13BrN2. The summed E-state index contributed by atoms with van der Waals surface area (Å²) in [6, 6.07) is 8.26. The van der Waals surface area contributed by atoms with E-state index in [0.717, 1.165) is 10.2 Å². The van der Waals surface area contributed by atoms with Crippen molar-refractivity contribution in [3.05, 3.63) is 40.5 Å². The average Bonchev–Trinajstić information content (AvgIpc) is 2.67. The van der Waals surface area contributed by atoms with Crippen molar-refractivity contribution in [1.29, 1.82) is 0 Å². The van der Waals surface area contributed by atoms with E-state index in [0.29, 0.717) is 5.92 Å². The minimum atomic E-state index is 0.488. The smallest absolute Gasteiger partial charge is 0.0684 e. The highest BCUT2D eigenvalue weighted by Gasteiger charge is 2.10. The van der Waals surface area contributed by atoms with Gasteiger partial charge in [-0.1, -0.05) is 41.9 Å². The van der Waals surface area contributed by atoms with Crippen LogP contribution in [0.25, 0.3) is 11.3 Å². The van der Waals surface area contributed by atoms with Crippen molar-refractivity contribution >= 4 is 15.9 Å². The molecule has 78 valence electrons. The number of hydrogen-bond donors (Lipinski definition) is 1. The van der Waals surface area contributed by atoms with Gasteiger partial charge in [-0.2, -0.15) is 5.10 Å². The molecule has 0 unspecified atom stereocenters. The number of aromatic nitrogens is 2. The van der Waals surface area contributed by atoms with Crippen molar-refractivity contribution < 1.29 is 0 Å². The Labute approximate surface area is 97.8 Å². The van der Waals surface area contributed by atoms with Gasteiger partial charge >= 0.3 is 0 Å². The molecule has 3 heteroatoms. The van der Waals surface area contributed by atoms with Gasteiger partial charge in [-0.3, -0.25) is 5.10 Å². The zero-order chi connectivity index (χ0) is 10.8. The third-order valence-electron chi connectivity index (χ3n) is 2.42. The summed E-state index contributed by atoms with van der Waals surface area (Å²) in [6.45, 7) is 4.35. The van der Waals surface area contributed by atoms with Crippen LogP contribution in [0.1, 0.15) is 25.3 Å². The van der Waals surface area contributed by atoms with Crippen molar-refractivity contribution in [3.63, 3.8) is 0 Å². The Morgan fingerprint density at radius 3 is 2.47 bits per heavy atom. The molecule has 0 aliphatic carbocycles. The Morgan fingerprint density at radius 2 is 1.87 bits per heavy atom. The quantitative estimate of drug-likeness (QED) is 0.874. The second-order valence-electron chi connectivity index (χ2n) is 3.86. The maximum absolute atomic E-state index is 4.11. The third-order valence-corrected chi connectivity index (χ3v) is 2.95. The van der Waals surface area contributed by atoms with Gasteiger partial charge in [0, 0.05) is 10.0 Å². The first-order valence-corrected chi connectivity index (χ1v) is 5.77. The molecule has 1 aromatic heterocycles. The molecule has 0 aliphatic rings. The van der Waals surface area contributed by atoms with Crippen molar-refractivity contribution in [1.82, 2.24) is 10.2 Å². The molecule has 0 saturated heterocycles. The van der Waals surface area contributed by atoms with Crippen LogP contribution in [0.15, 0.2) is 34.9 Å². The van der Waals surface area contributed by atoms with Crippen molar-refractivity contribution in [2.45, 2.75) is 19.8 Å². The van der Waals surface area contributed by atoms with Gasteiger partial charge in [0.1, 0.15) is 0 Å². The molecule has 1 N–H and O–H groups in total. The molecule has 2 aromatic rings. The minimum Gasteiger partial charge on any atom is -0.278 e. The lowest BCUT2D eigenvalue weighted by atomic mass is 10.00. The first-order chi connectivity index (χ1) is 7.18. The zero-order valence-corrected chi connectivity index (χ0v) is 10.4. The van der Waals surface area contributed by atoms with Gasteiger partial charge in [0.05, 0.1) is 11.9 Å². The maximum atomic E-state index is 4.11. The summed E-state index contributed by atoms with van der Waals surface area (Å²) in [5, 5.41) is 7.16. The Balaban J connectivity index is 2.45. The molecular weight excluding hydrogens is 252 g/mol. The maximum Gasteiger partial charge on any atom is 0.0684 e. The zero-order valence-electron chi connectivity index (χ0n) is 8.79. The predicted octanol–water partition coefficient (Wildman–Crippen LogP) is 3.96. The largest absolute Gasteiger partial charge is 0.278 e. The lowest BCUT2D eigenvalue weighted by molar-refractivity contribution is 0.870. The molecule has 0 amide bonds. The topological polar surface area (TPSA) is 28.7 Å². The fourth-order valence-corrected chi connectivity index (χ4v) is 1.85. The van der Waals surface area contributed by atoms with Crippen LogP contribution in [0.3, 0.4) is 0 Å². The van der Waals surface area contributed by atoms with Crippen LogP contribution in [-0.4, -0.2) is 10.2 Å². The summed E-state index contributed by atoms with van der Waals surface area (Å²) in [7, 11) is 0. The normalized spacial score (nSPS) is 10.9. The molecule has 0 fully saturated rings. The van der Waals surface area contributed by atoms with E-state index in [1.807, 2.05) is 18.3 Å². The number of nitrogens with one attached hydrogen (secondary N) is 1. The molecule has 0 aliphatic heterocycles. The Bertz CT molecular complexity index is 443. The molecule has 1 aromatic carbocycles. The SMILES string of the molecule is CC(C)c1cn[nH]c1-c1ccc(Br)cc1. The highest BCUT2D eigenvalue weighted by atomic mass is 79.9. The van der Waals surface area contributed by atoms with Crippen LogP contribution < -0.4 is 0 Å². The standard InChI is InChI=1S/C12H13BrN2/c1-8(2)11-7-14-15-12(11)9-3-5-10(13)6-4-9/h3-8H,1-2H3,(H,14,15). The van der Waals surface area contributed by atoms with Crippen molar-refractivity contribution in [2.75, 3.05) is 0 Å². The Morgan fingerprint density at radius 1 is 1.20 bits per heavy atom. The summed E-state index contributed by atoms with van der Waals surface area (Å²) < 4.78 is 1.09. The van der Waals surface area contributed by atoms with Crippen LogP contribution in [-0.2, 0) is 0 Å². The van der Waals surface area contributed by atoms with Gasteiger partial charge in [0.15, 0.2) is 0 Å². The van der Waals surface area contributed by atoms with E-state index in [1.165, 1.54) is 11.1 Å². The molecule has 0 radical (unpaired) electrons. The first kappa shape index (κ1) is 10.4. The molecule has 0 spiro atoms. The summed E-state index contributed by atoms with van der Waals surface area (Å²) >= 11 is 3.43. The van der Waals surface area contributed by atoms with Crippen LogP contribution in [0.5, 0.6) is 0 Å². The van der Waals surface area contributed by atoms with Gasteiger partial charge in [-0.25, -0.2) is 0 Å². The van der Waals surface area contributed by atoms with E-state index in [1.54, 1.807) is 0 Å². The van der Waals surface area contributed by atoms with E-state index in [-0.39, 0.29) is 0 Å². The Kier molecular flexibility index (Phi) is 2.91. The molecule has 2 nitrogen and oxygen atoms in total. The van der Waals surface area contributed by atoms with E-state index in [2.05, 4.69) is 52.1 Å². The number of rotatable bonds is 2. The minimum absolute atomic E-state index is 0.488. The van der Waals surface area contributed by atoms with Crippen LogP contribution in [0.4, 0.5) is 0 Å². The second-order valence-corrected chi connectivity index (χ2v) is 4.78. The fraction of sp³-hybridized carbons (Fsp3) is 0.250. The molecule has 0 saturated carbocycles. The molecule has 0 bridgehead atoms. The summed E-state index contributed by atoms with van der Waals surface area (Å²) in [4.78, 5) is 0. The van der Waals surface area contributed by atoms with Gasteiger partial charge in [-0.15, -0.1) is 0 Å². The van der Waals surface area contributed by atoms with Gasteiger partial charge in [0.2, 0.25) is 0 Å².